The minimum absolute atomic E-state index is 0.0932. The quantitative estimate of drug-likeness (QED) is 0.513. The molecule has 0 aromatic carbocycles. The van der Waals surface area contributed by atoms with E-state index in [1.165, 1.54) is 9.92 Å². The van der Waals surface area contributed by atoms with E-state index in [9.17, 15) is 0 Å². The highest BCUT2D eigenvalue weighted by Crippen LogP contribution is 2.49. The summed E-state index contributed by atoms with van der Waals surface area (Å²) in [6.45, 7) is 13.2. The summed E-state index contributed by atoms with van der Waals surface area (Å²) in [5, 5.41) is 1.18. The SMILES string of the molecule is CC(C)(C)Sc1c(S)c2c(N)c(N)ccn2c1SC(C)(C)C. The zero-order chi connectivity index (χ0) is 16.9. The number of fused-ring (bicyclic) bond motifs is 1. The molecule has 2 aromatic rings. The molecular weight excluding hydrogens is 330 g/mol. The molecule has 2 rings (SSSR count). The van der Waals surface area contributed by atoms with E-state index in [4.69, 9.17) is 24.1 Å². The summed E-state index contributed by atoms with van der Waals surface area (Å²) in [5.74, 6) is 0. The molecule has 0 aliphatic carbocycles. The van der Waals surface area contributed by atoms with Gasteiger partial charge in [-0.3, -0.25) is 0 Å². The third-order valence-electron chi connectivity index (χ3n) is 2.87. The van der Waals surface area contributed by atoms with Gasteiger partial charge in [0.1, 0.15) is 0 Å². The van der Waals surface area contributed by atoms with Crippen LogP contribution in [0.1, 0.15) is 41.5 Å². The zero-order valence-electron chi connectivity index (χ0n) is 14.0. The van der Waals surface area contributed by atoms with Crippen LogP contribution in [-0.2, 0) is 0 Å². The first-order chi connectivity index (χ1) is 9.91. The first-order valence-corrected chi connectivity index (χ1v) is 9.28. The first-order valence-electron chi connectivity index (χ1n) is 7.19. The Kier molecular flexibility index (Phi) is 4.68. The van der Waals surface area contributed by atoms with Crippen LogP contribution in [0, 0.1) is 0 Å². The van der Waals surface area contributed by atoms with E-state index in [-0.39, 0.29) is 9.49 Å². The molecular formula is C16H25N3S3. The van der Waals surface area contributed by atoms with Crippen molar-refractivity contribution in [1.29, 1.82) is 0 Å². The number of rotatable bonds is 2. The molecule has 0 fully saturated rings. The highest BCUT2D eigenvalue weighted by molar-refractivity contribution is 8.03. The fraction of sp³-hybridized carbons (Fsp3) is 0.500. The fourth-order valence-electron chi connectivity index (χ4n) is 2.10. The second-order valence-corrected chi connectivity index (χ2v) is 11.4. The molecule has 0 aliphatic rings. The molecule has 0 saturated heterocycles. The minimum Gasteiger partial charge on any atom is -0.397 e. The number of pyridine rings is 1. The standard InChI is InChI=1S/C16H25N3S3/c1-15(2,3)21-13-12(20)11-10(18)9(17)7-8-19(11)14(13)22-16(4,5)6/h7-8,20H,17-18H2,1-6H3. The van der Waals surface area contributed by atoms with E-state index in [0.717, 1.165) is 10.4 Å². The predicted molar refractivity (Wildman–Crippen MR) is 105 cm³/mol. The van der Waals surface area contributed by atoms with Gasteiger partial charge in [-0.25, -0.2) is 0 Å². The largest absolute Gasteiger partial charge is 0.397 e. The average molecular weight is 356 g/mol. The van der Waals surface area contributed by atoms with Crippen molar-refractivity contribution in [1.82, 2.24) is 4.40 Å². The topological polar surface area (TPSA) is 56.5 Å². The number of thioether (sulfide) groups is 2. The first kappa shape index (κ1) is 17.8. The average Bonchev–Trinajstić information content (AvgIpc) is 2.56. The van der Waals surface area contributed by atoms with Crippen molar-refractivity contribution >= 4 is 53.0 Å². The molecule has 0 atom stereocenters. The fourth-order valence-corrected chi connectivity index (χ4v) is 4.91. The Labute approximate surface area is 147 Å². The number of nitrogens with two attached hydrogens (primary N) is 2. The molecule has 0 unspecified atom stereocenters. The van der Waals surface area contributed by atoms with Gasteiger partial charge in [0.25, 0.3) is 0 Å². The number of hydrogen-bond donors (Lipinski definition) is 3. The molecule has 6 heteroatoms. The van der Waals surface area contributed by atoms with Crippen molar-refractivity contribution in [2.75, 3.05) is 11.5 Å². The van der Waals surface area contributed by atoms with E-state index in [2.05, 4.69) is 45.9 Å². The molecule has 0 aliphatic heterocycles. The third kappa shape index (κ3) is 3.66. The van der Waals surface area contributed by atoms with E-state index < -0.39 is 0 Å². The van der Waals surface area contributed by atoms with Crippen molar-refractivity contribution in [3.8, 4) is 0 Å². The molecule has 122 valence electrons. The van der Waals surface area contributed by atoms with Gasteiger partial charge in [0.2, 0.25) is 0 Å². The van der Waals surface area contributed by atoms with Crippen LogP contribution in [0.4, 0.5) is 11.4 Å². The highest BCUT2D eigenvalue weighted by atomic mass is 32.2. The lowest BCUT2D eigenvalue weighted by atomic mass is 10.3. The molecule has 0 bridgehead atoms. The van der Waals surface area contributed by atoms with Gasteiger partial charge in [-0.1, -0.05) is 41.5 Å². The summed E-state index contributed by atoms with van der Waals surface area (Å²) in [7, 11) is 0. The van der Waals surface area contributed by atoms with Gasteiger partial charge in [-0.2, -0.15) is 0 Å². The van der Waals surface area contributed by atoms with Gasteiger partial charge >= 0.3 is 0 Å². The van der Waals surface area contributed by atoms with Crippen LogP contribution in [0.2, 0.25) is 0 Å². The molecule has 2 aromatic heterocycles. The molecule has 0 amide bonds. The lowest BCUT2D eigenvalue weighted by Crippen LogP contribution is -2.10. The molecule has 3 nitrogen and oxygen atoms in total. The van der Waals surface area contributed by atoms with Crippen LogP contribution in [0.25, 0.3) is 5.52 Å². The monoisotopic (exact) mass is 355 g/mol. The Morgan fingerprint density at radius 1 is 1.00 bits per heavy atom. The van der Waals surface area contributed by atoms with E-state index in [0.29, 0.717) is 11.4 Å². The minimum atomic E-state index is 0.0932. The number of thiol groups is 1. The number of nitrogens with zero attached hydrogens (tertiary/aromatic N) is 1. The highest BCUT2D eigenvalue weighted by Gasteiger charge is 2.27. The summed E-state index contributed by atoms with van der Waals surface area (Å²) in [4.78, 5) is 2.09. The molecule has 4 N–H and O–H groups in total. The Hall–Kier alpha value is -0.590. The zero-order valence-corrected chi connectivity index (χ0v) is 16.5. The normalized spacial score (nSPS) is 13.0. The maximum atomic E-state index is 6.22. The maximum Gasteiger partial charge on any atom is 0.0950 e. The van der Waals surface area contributed by atoms with Crippen molar-refractivity contribution in [2.24, 2.45) is 0 Å². The van der Waals surface area contributed by atoms with Crippen LogP contribution in [0.15, 0.2) is 27.1 Å². The number of hydrogen-bond acceptors (Lipinski definition) is 5. The van der Waals surface area contributed by atoms with Crippen LogP contribution in [0.3, 0.4) is 0 Å². The van der Waals surface area contributed by atoms with Gasteiger partial charge in [0, 0.05) is 20.6 Å². The number of nitrogen functional groups attached to an aromatic ring is 2. The van der Waals surface area contributed by atoms with Crippen molar-refractivity contribution in [3.63, 3.8) is 0 Å². The molecule has 22 heavy (non-hydrogen) atoms. The van der Waals surface area contributed by atoms with Gasteiger partial charge in [-0.05, 0) is 6.07 Å². The Morgan fingerprint density at radius 2 is 1.55 bits per heavy atom. The van der Waals surface area contributed by atoms with Crippen molar-refractivity contribution in [3.05, 3.63) is 12.3 Å². The summed E-state index contributed by atoms with van der Waals surface area (Å²) < 4.78 is 2.31. The molecule has 0 radical (unpaired) electrons. The van der Waals surface area contributed by atoms with Crippen LogP contribution < -0.4 is 11.5 Å². The van der Waals surface area contributed by atoms with Crippen LogP contribution >= 0.6 is 36.2 Å². The summed E-state index contributed by atoms with van der Waals surface area (Å²) >= 11 is 8.42. The van der Waals surface area contributed by atoms with Crippen molar-refractivity contribution in [2.45, 2.75) is 65.9 Å². The van der Waals surface area contributed by atoms with Gasteiger partial charge in [0.05, 0.1) is 26.8 Å². The second-order valence-electron chi connectivity index (χ2n) is 7.32. The van der Waals surface area contributed by atoms with E-state index >= 15 is 0 Å². The molecule has 0 saturated carbocycles. The number of anilines is 2. The lowest BCUT2D eigenvalue weighted by Gasteiger charge is -2.22. The maximum absolute atomic E-state index is 6.22. The second kappa shape index (κ2) is 5.80. The van der Waals surface area contributed by atoms with Crippen LogP contribution in [-0.4, -0.2) is 13.9 Å². The number of aromatic nitrogens is 1. The Morgan fingerprint density at radius 3 is 2.05 bits per heavy atom. The summed E-state index contributed by atoms with van der Waals surface area (Å²) in [6, 6.07) is 1.85. The van der Waals surface area contributed by atoms with Gasteiger partial charge < -0.3 is 15.9 Å². The van der Waals surface area contributed by atoms with Crippen molar-refractivity contribution < 1.29 is 0 Å². The lowest BCUT2D eigenvalue weighted by molar-refractivity contribution is 0.786. The summed E-state index contributed by atoms with van der Waals surface area (Å²) in [6.07, 6.45) is 1.99. The Balaban J connectivity index is 2.77. The third-order valence-corrected chi connectivity index (χ3v) is 6.01. The van der Waals surface area contributed by atoms with Crippen LogP contribution in [0.5, 0.6) is 0 Å². The Bertz CT molecular complexity index is 706. The molecule has 2 heterocycles. The van der Waals surface area contributed by atoms with E-state index in [1.54, 1.807) is 0 Å². The summed E-state index contributed by atoms with van der Waals surface area (Å²) in [5.41, 5.74) is 14.3. The molecule has 0 spiro atoms. The smallest absolute Gasteiger partial charge is 0.0950 e. The van der Waals surface area contributed by atoms with Gasteiger partial charge in [-0.15, -0.1) is 36.2 Å². The van der Waals surface area contributed by atoms with Gasteiger partial charge in [0.15, 0.2) is 0 Å². The van der Waals surface area contributed by atoms with E-state index in [1.807, 2.05) is 35.8 Å². The predicted octanol–water partition coefficient (Wildman–Crippen LogP) is 5.17.